The molecule has 2 rings (SSSR count). The van der Waals surface area contributed by atoms with E-state index in [0.717, 1.165) is 6.42 Å². The lowest BCUT2D eigenvalue weighted by atomic mass is 9.88. The van der Waals surface area contributed by atoms with Crippen molar-refractivity contribution in [1.29, 1.82) is 0 Å². The largest absolute Gasteiger partial charge is 0.388 e. The van der Waals surface area contributed by atoms with Crippen molar-refractivity contribution in [3.63, 3.8) is 0 Å². The van der Waals surface area contributed by atoms with Crippen LogP contribution in [-0.2, 0) is 0 Å². The molecule has 2 aromatic rings. The first-order valence-electron chi connectivity index (χ1n) is 7.28. The van der Waals surface area contributed by atoms with Crippen molar-refractivity contribution in [3.05, 3.63) is 36.2 Å². The summed E-state index contributed by atoms with van der Waals surface area (Å²) in [5, 5.41) is 24.0. The van der Waals surface area contributed by atoms with Crippen LogP contribution in [0.15, 0.2) is 30.6 Å². The molecule has 2 unspecified atom stereocenters. The van der Waals surface area contributed by atoms with Crippen LogP contribution in [0.25, 0.3) is 5.69 Å². The maximum Gasteiger partial charge on any atom is 0.251 e. The molecular weight excluding hydrogens is 282 g/mol. The van der Waals surface area contributed by atoms with Crippen molar-refractivity contribution in [2.75, 3.05) is 6.54 Å². The predicted molar refractivity (Wildman–Crippen MR) is 81.6 cm³/mol. The monoisotopic (exact) mass is 303 g/mol. The van der Waals surface area contributed by atoms with E-state index in [1.54, 1.807) is 25.1 Å². The molecule has 0 bridgehead atoms. The molecule has 0 spiro atoms. The smallest absolute Gasteiger partial charge is 0.251 e. The summed E-state index contributed by atoms with van der Waals surface area (Å²) in [6, 6.07) is 6.98. The van der Waals surface area contributed by atoms with E-state index in [-0.39, 0.29) is 18.4 Å². The Bertz CT molecular complexity index is 625. The van der Waals surface area contributed by atoms with Crippen molar-refractivity contribution in [2.45, 2.75) is 32.8 Å². The molecule has 0 saturated carbocycles. The number of nitrogens with zero attached hydrogens (tertiary/aromatic N) is 4. The molecule has 0 radical (unpaired) electrons. The standard InChI is InChI=1S/C15H21N5O2/c1-4-11(2)15(3,22)9-16-14(21)12-6-5-7-13(8-12)20-10-17-18-19-20/h5-8,10-11,22H,4,9H2,1-3H3,(H,16,21). The number of hydrogen-bond acceptors (Lipinski definition) is 5. The minimum Gasteiger partial charge on any atom is -0.388 e. The third-order valence-electron chi connectivity index (χ3n) is 4.00. The van der Waals surface area contributed by atoms with Gasteiger partial charge in [-0.3, -0.25) is 4.79 Å². The fourth-order valence-corrected chi connectivity index (χ4v) is 2.04. The molecular formula is C15H21N5O2. The minimum atomic E-state index is -0.933. The Morgan fingerprint density at radius 2 is 2.27 bits per heavy atom. The summed E-state index contributed by atoms with van der Waals surface area (Å²) < 4.78 is 1.48. The molecule has 1 aromatic carbocycles. The molecule has 0 fully saturated rings. The average molecular weight is 303 g/mol. The van der Waals surface area contributed by atoms with Crippen molar-refractivity contribution < 1.29 is 9.90 Å². The lowest BCUT2D eigenvalue weighted by Crippen LogP contribution is -2.45. The van der Waals surface area contributed by atoms with Crippen LogP contribution in [0.2, 0.25) is 0 Å². The van der Waals surface area contributed by atoms with E-state index in [9.17, 15) is 9.90 Å². The van der Waals surface area contributed by atoms with Gasteiger partial charge in [0.15, 0.2) is 0 Å². The second kappa shape index (κ2) is 6.65. The van der Waals surface area contributed by atoms with Gasteiger partial charge in [-0.15, -0.1) is 5.10 Å². The Morgan fingerprint density at radius 3 is 2.91 bits per heavy atom. The third kappa shape index (κ3) is 3.67. The summed E-state index contributed by atoms with van der Waals surface area (Å²) in [6.45, 7) is 5.91. The fourth-order valence-electron chi connectivity index (χ4n) is 2.04. The molecule has 2 atom stereocenters. The third-order valence-corrected chi connectivity index (χ3v) is 4.00. The van der Waals surface area contributed by atoms with E-state index < -0.39 is 5.60 Å². The van der Waals surface area contributed by atoms with Crippen LogP contribution in [-0.4, -0.2) is 43.4 Å². The Hall–Kier alpha value is -2.28. The highest BCUT2D eigenvalue weighted by Gasteiger charge is 2.27. The summed E-state index contributed by atoms with van der Waals surface area (Å²) in [5.41, 5.74) is 0.261. The van der Waals surface area contributed by atoms with Gasteiger partial charge < -0.3 is 10.4 Å². The van der Waals surface area contributed by atoms with Gasteiger partial charge in [-0.2, -0.15) is 0 Å². The van der Waals surface area contributed by atoms with Crippen LogP contribution in [0, 0.1) is 5.92 Å². The van der Waals surface area contributed by atoms with Gasteiger partial charge in [0.2, 0.25) is 0 Å². The SMILES string of the molecule is CCC(C)C(C)(O)CNC(=O)c1cccc(-n2cnnn2)c1. The zero-order valence-electron chi connectivity index (χ0n) is 13.0. The number of aliphatic hydroxyl groups is 1. The molecule has 0 aliphatic rings. The van der Waals surface area contributed by atoms with Gasteiger partial charge >= 0.3 is 0 Å². The number of hydrogen-bond donors (Lipinski definition) is 2. The molecule has 0 aliphatic heterocycles. The second-order valence-corrected chi connectivity index (χ2v) is 5.65. The highest BCUT2D eigenvalue weighted by Crippen LogP contribution is 2.19. The maximum atomic E-state index is 12.2. The highest BCUT2D eigenvalue weighted by atomic mass is 16.3. The number of aromatic nitrogens is 4. The molecule has 0 aliphatic carbocycles. The van der Waals surface area contributed by atoms with Crippen molar-refractivity contribution in [2.24, 2.45) is 5.92 Å². The Labute approximate surface area is 129 Å². The molecule has 1 heterocycles. The first-order valence-corrected chi connectivity index (χ1v) is 7.28. The van der Waals surface area contributed by atoms with Crippen LogP contribution in [0.3, 0.4) is 0 Å². The average Bonchev–Trinajstić information content (AvgIpc) is 3.06. The number of tetrazole rings is 1. The van der Waals surface area contributed by atoms with Crippen LogP contribution in [0.1, 0.15) is 37.6 Å². The summed E-state index contributed by atoms with van der Waals surface area (Å²) in [4.78, 5) is 12.2. The van der Waals surface area contributed by atoms with E-state index in [2.05, 4.69) is 20.8 Å². The summed E-state index contributed by atoms with van der Waals surface area (Å²) >= 11 is 0. The minimum absolute atomic E-state index is 0.0976. The number of nitrogens with one attached hydrogen (secondary N) is 1. The molecule has 7 heteroatoms. The summed E-state index contributed by atoms with van der Waals surface area (Å²) in [5.74, 6) is -0.140. The molecule has 0 saturated heterocycles. The zero-order valence-corrected chi connectivity index (χ0v) is 13.0. The van der Waals surface area contributed by atoms with E-state index in [0.29, 0.717) is 11.3 Å². The molecule has 22 heavy (non-hydrogen) atoms. The number of amides is 1. The lowest BCUT2D eigenvalue weighted by molar-refractivity contribution is 0.00593. The van der Waals surface area contributed by atoms with Gasteiger partial charge in [0, 0.05) is 12.1 Å². The number of carbonyl (C=O) groups excluding carboxylic acids is 1. The van der Waals surface area contributed by atoms with Crippen molar-refractivity contribution in [1.82, 2.24) is 25.5 Å². The summed E-state index contributed by atoms with van der Waals surface area (Å²) in [7, 11) is 0. The molecule has 2 N–H and O–H groups in total. The quantitative estimate of drug-likeness (QED) is 0.836. The zero-order chi connectivity index (χ0) is 16.2. The maximum absolute atomic E-state index is 12.2. The van der Waals surface area contributed by atoms with Gasteiger partial charge in [-0.25, -0.2) is 4.68 Å². The van der Waals surface area contributed by atoms with Crippen LogP contribution >= 0.6 is 0 Å². The molecule has 1 aromatic heterocycles. The van der Waals surface area contributed by atoms with Crippen molar-refractivity contribution in [3.8, 4) is 5.69 Å². The van der Waals surface area contributed by atoms with E-state index >= 15 is 0 Å². The number of rotatable bonds is 6. The molecule has 118 valence electrons. The van der Waals surface area contributed by atoms with Crippen LogP contribution in [0.5, 0.6) is 0 Å². The summed E-state index contributed by atoms with van der Waals surface area (Å²) in [6.07, 6.45) is 2.31. The van der Waals surface area contributed by atoms with Crippen LogP contribution < -0.4 is 5.32 Å². The number of carbonyl (C=O) groups is 1. The lowest BCUT2D eigenvalue weighted by Gasteiger charge is -2.29. The topological polar surface area (TPSA) is 92.9 Å². The fraction of sp³-hybridized carbons (Fsp3) is 0.467. The van der Waals surface area contributed by atoms with Gasteiger partial charge in [-0.05, 0) is 41.5 Å². The predicted octanol–water partition coefficient (Wildman–Crippen LogP) is 1.19. The van der Waals surface area contributed by atoms with E-state index in [4.69, 9.17) is 0 Å². The normalized spacial score (nSPS) is 15.1. The van der Waals surface area contributed by atoms with Crippen LogP contribution in [0.4, 0.5) is 0 Å². The first-order chi connectivity index (χ1) is 10.4. The van der Waals surface area contributed by atoms with Gasteiger partial charge in [0.1, 0.15) is 6.33 Å². The van der Waals surface area contributed by atoms with Gasteiger partial charge in [-0.1, -0.05) is 26.3 Å². The number of benzene rings is 1. The Morgan fingerprint density at radius 1 is 1.50 bits per heavy atom. The Balaban J connectivity index is 2.06. The molecule has 1 amide bonds. The van der Waals surface area contributed by atoms with E-state index in [1.165, 1.54) is 11.0 Å². The second-order valence-electron chi connectivity index (χ2n) is 5.65. The van der Waals surface area contributed by atoms with E-state index in [1.807, 2.05) is 19.9 Å². The van der Waals surface area contributed by atoms with Gasteiger partial charge in [0.25, 0.3) is 5.91 Å². The highest BCUT2D eigenvalue weighted by molar-refractivity contribution is 5.94. The molecule has 7 nitrogen and oxygen atoms in total. The van der Waals surface area contributed by atoms with Crippen molar-refractivity contribution >= 4 is 5.91 Å². The Kier molecular flexibility index (Phi) is 4.87. The first kappa shape index (κ1) is 16.1. The van der Waals surface area contributed by atoms with Gasteiger partial charge in [0.05, 0.1) is 11.3 Å².